The molecule has 3 aromatic rings. The highest BCUT2D eigenvalue weighted by atomic mass is 19.4. The van der Waals surface area contributed by atoms with Crippen LogP contribution in [0, 0.1) is 0 Å². The minimum atomic E-state index is -4.58. The van der Waals surface area contributed by atoms with Crippen LogP contribution in [0.1, 0.15) is 48.9 Å². The first-order valence-electron chi connectivity index (χ1n) is 13.7. The average molecular weight is 566 g/mol. The number of fused-ring (bicyclic) bond motifs is 1. The van der Waals surface area contributed by atoms with Crippen molar-refractivity contribution in [2.75, 3.05) is 26.2 Å². The molecule has 9 heteroatoms. The Balaban J connectivity index is 1.52. The van der Waals surface area contributed by atoms with Gasteiger partial charge in [-0.05, 0) is 80.1 Å². The smallest absolute Gasteiger partial charge is 0.417 e. The summed E-state index contributed by atoms with van der Waals surface area (Å²) in [6, 6.07) is 10.0. The molecule has 0 fully saturated rings. The van der Waals surface area contributed by atoms with Crippen molar-refractivity contribution in [2.24, 2.45) is 0 Å². The van der Waals surface area contributed by atoms with Crippen LogP contribution in [0.2, 0.25) is 0 Å². The Kier molecular flexibility index (Phi) is 9.94. The van der Waals surface area contributed by atoms with E-state index in [1.165, 1.54) is 29.3 Å². The van der Waals surface area contributed by atoms with Crippen LogP contribution in [0.3, 0.4) is 0 Å². The third-order valence-electron chi connectivity index (χ3n) is 6.97. The highest BCUT2D eigenvalue weighted by Crippen LogP contribution is 2.38. The summed E-state index contributed by atoms with van der Waals surface area (Å²) in [4.78, 5) is 18.4. The molecule has 0 atom stereocenters. The molecule has 6 nitrogen and oxygen atoms in total. The van der Waals surface area contributed by atoms with Gasteiger partial charge in [0, 0.05) is 30.6 Å². The van der Waals surface area contributed by atoms with Crippen LogP contribution < -0.4 is 0 Å². The zero-order chi connectivity index (χ0) is 29.4. The van der Waals surface area contributed by atoms with E-state index >= 15 is 0 Å². The fraction of sp³-hybridized carbons (Fsp3) is 0.344. The molecule has 0 amide bonds. The van der Waals surface area contributed by atoms with Gasteiger partial charge in [0.15, 0.2) is 0 Å². The lowest BCUT2D eigenvalue weighted by Gasteiger charge is -2.19. The van der Waals surface area contributed by atoms with Gasteiger partial charge in [-0.15, -0.1) is 0 Å². The second kappa shape index (κ2) is 13.6. The molecule has 0 saturated heterocycles. The van der Waals surface area contributed by atoms with Gasteiger partial charge in [0.1, 0.15) is 0 Å². The van der Waals surface area contributed by atoms with Crippen molar-refractivity contribution in [2.45, 2.75) is 45.7 Å². The minimum absolute atomic E-state index is 0.0139. The first kappa shape index (κ1) is 30.0. The van der Waals surface area contributed by atoms with E-state index in [2.05, 4.69) is 21.6 Å². The van der Waals surface area contributed by atoms with E-state index in [4.69, 9.17) is 9.26 Å². The van der Waals surface area contributed by atoms with E-state index in [1.807, 2.05) is 18.2 Å². The number of carbonyl (C=O) groups is 1. The van der Waals surface area contributed by atoms with Crippen LogP contribution in [0.4, 0.5) is 13.2 Å². The Morgan fingerprint density at radius 1 is 1.12 bits per heavy atom. The van der Waals surface area contributed by atoms with Gasteiger partial charge in [-0.2, -0.15) is 18.2 Å². The van der Waals surface area contributed by atoms with E-state index in [0.717, 1.165) is 50.5 Å². The van der Waals surface area contributed by atoms with E-state index in [0.29, 0.717) is 24.4 Å². The Hall–Kier alpha value is -3.98. The number of ether oxygens (including phenoxy) is 1. The molecule has 1 aliphatic heterocycles. The summed E-state index contributed by atoms with van der Waals surface area (Å²) in [5, 5.41) is 4.07. The normalized spacial score (nSPS) is 14.6. The van der Waals surface area contributed by atoms with Crippen LogP contribution in [0.15, 0.2) is 71.8 Å². The molecular weight excluding hydrogens is 531 g/mol. The molecule has 0 aliphatic carbocycles. The molecule has 41 heavy (non-hydrogen) atoms. The monoisotopic (exact) mass is 565 g/mol. The van der Waals surface area contributed by atoms with Gasteiger partial charge in [0.2, 0.25) is 5.82 Å². The van der Waals surface area contributed by atoms with Gasteiger partial charge in [-0.3, -0.25) is 4.79 Å². The van der Waals surface area contributed by atoms with E-state index in [9.17, 15) is 18.0 Å². The first-order chi connectivity index (χ1) is 19.7. The van der Waals surface area contributed by atoms with Crippen LogP contribution in [0.25, 0.3) is 28.4 Å². The lowest BCUT2D eigenvalue weighted by atomic mass is 9.96. The maximum atomic E-state index is 14.0. The van der Waals surface area contributed by atoms with Crippen molar-refractivity contribution in [1.29, 1.82) is 0 Å². The molecule has 0 saturated carbocycles. The van der Waals surface area contributed by atoms with Gasteiger partial charge in [0.05, 0.1) is 12.2 Å². The second-order valence-corrected chi connectivity index (χ2v) is 9.77. The number of alkyl halides is 3. The third-order valence-corrected chi connectivity index (χ3v) is 6.97. The molecule has 1 aromatic heterocycles. The third kappa shape index (κ3) is 7.61. The van der Waals surface area contributed by atoms with Crippen molar-refractivity contribution >= 4 is 11.5 Å². The lowest BCUT2D eigenvalue weighted by Crippen LogP contribution is -2.28. The predicted molar refractivity (Wildman–Crippen MR) is 153 cm³/mol. The minimum Gasteiger partial charge on any atom is -0.466 e. The number of hydrogen-bond donors (Lipinski definition) is 0. The van der Waals surface area contributed by atoms with E-state index in [1.54, 1.807) is 32.1 Å². The summed E-state index contributed by atoms with van der Waals surface area (Å²) in [7, 11) is 0. The Bertz CT molecular complexity index is 1440. The topological polar surface area (TPSA) is 68.5 Å². The van der Waals surface area contributed by atoms with Gasteiger partial charge >= 0.3 is 12.1 Å². The van der Waals surface area contributed by atoms with Gasteiger partial charge in [0.25, 0.3) is 5.89 Å². The first-order valence-corrected chi connectivity index (χ1v) is 13.7. The highest BCUT2D eigenvalue weighted by Gasteiger charge is 2.34. The maximum absolute atomic E-state index is 14.0. The van der Waals surface area contributed by atoms with Crippen molar-refractivity contribution in [3.05, 3.63) is 89.5 Å². The van der Waals surface area contributed by atoms with Gasteiger partial charge in [-0.25, -0.2) is 0 Å². The summed E-state index contributed by atoms with van der Waals surface area (Å²) >= 11 is 0. The summed E-state index contributed by atoms with van der Waals surface area (Å²) in [5.41, 5.74) is 2.99. The molecule has 0 unspecified atom stereocenters. The Morgan fingerprint density at radius 3 is 2.59 bits per heavy atom. The molecule has 2 heterocycles. The Labute approximate surface area is 238 Å². The zero-order valence-corrected chi connectivity index (χ0v) is 23.3. The molecule has 0 radical (unpaired) electrons. The maximum Gasteiger partial charge on any atom is 0.417 e. The Morgan fingerprint density at radius 2 is 1.88 bits per heavy atom. The number of hydrogen-bond acceptors (Lipinski definition) is 6. The number of esters is 1. The molecule has 216 valence electrons. The fourth-order valence-corrected chi connectivity index (χ4v) is 4.98. The van der Waals surface area contributed by atoms with Crippen molar-refractivity contribution in [3.8, 4) is 22.8 Å². The summed E-state index contributed by atoms with van der Waals surface area (Å²) in [6.07, 6.45) is 4.58. The van der Waals surface area contributed by atoms with Crippen molar-refractivity contribution in [1.82, 2.24) is 15.0 Å². The number of rotatable bonds is 10. The van der Waals surface area contributed by atoms with Crippen LogP contribution >= 0.6 is 0 Å². The van der Waals surface area contributed by atoms with Crippen LogP contribution in [-0.2, 0) is 28.5 Å². The number of carbonyl (C=O) groups excluding carboxylic acids is 1. The van der Waals surface area contributed by atoms with E-state index < -0.39 is 11.7 Å². The number of halogens is 3. The number of aromatic nitrogens is 2. The van der Waals surface area contributed by atoms with Crippen molar-refractivity contribution < 1.29 is 27.2 Å². The quantitative estimate of drug-likeness (QED) is 0.190. The largest absolute Gasteiger partial charge is 0.466 e. The van der Waals surface area contributed by atoms with Crippen LogP contribution in [-0.4, -0.2) is 47.3 Å². The number of benzene rings is 2. The molecule has 4 rings (SSSR count). The molecule has 0 spiro atoms. The van der Waals surface area contributed by atoms with E-state index in [-0.39, 0.29) is 23.0 Å². The summed E-state index contributed by atoms with van der Waals surface area (Å²) in [6.45, 7) is 10.1. The second-order valence-electron chi connectivity index (χ2n) is 9.77. The van der Waals surface area contributed by atoms with Crippen molar-refractivity contribution in [3.63, 3.8) is 0 Å². The average Bonchev–Trinajstić information content (AvgIpc) is 3.35. The van der Waals surface area contributed by atoms with Gasteiger partial charge in [-0.1, -0.05) is 54.2 Å². The number of nitrogens with zero attached hydrogens (tertiary/aromatic N) is 3. The lowest BCUT2D eigenvalue weighted by molar-refractivity contribution is -0.143. The molecule has 0 N–H and O–H groups in total. The summed E-state index contributed by atoms with van der Waals surface area (Å²) in [5.74, 6) is 0.167. The summed E-state index contributed by atoms with van der Waals surface area (Å²) < 4.78 is 52.6. The van der Waals surface area contributed by atoms with Gasteiger partial charge < -0.3 is 14.2 Å². The molecule has 1 aliphatic rings. The zero-order valence-electron chi connectivity index (χ0n) is 23.3. The van der Waals surface area contributed by atoms with Crippen LogP contribution in [0.5, 0.6) is 0 Å². The molecule has 2 aromatic carbocycles. The fourth-order valence-electron chi connectivity index (χ4n) is 4.98. The molecular formula is C32H34F3N3O3. The SMILES string of the molecule is C=C/C=C(/C=C\C)c1ccc(-c2nc(-c3ccc4c(c3)CCN(CCCC(=O)OCC)CC4)no2)cc1C(F)(F)F. The number of allylic oxidation sites excluding steroid dienone is 5. The molecule has 0 bridgehead atoms. The standard InChI is InChI=1S/C32H34F3N3O3/c1-4-8-23(9-5-2)27-14-13-26(21-28(27)32(33,34)35)31-36-30(37-41-31)25-12-11-22-15-18-38(19-16-24(22)20-25)17-7-10-29(39)40-6-3/h4-5,8-9,11-14,20-21H,1,6-7,10,15-19H2,2-3H3/b9-5-,23-8-. The highest BCUT2D eigenvalue weighted by molar-refractivity contribution is 5.79. The predicted octanol–water partition coefficient (Wildman–Crippen LogP) is 7.31.